The SMILES string of the molecule is CCC(NCC1(CO)CCCC1)c1ccccc1. The van der Waals surface area contributed by atoms with Gasteiger partial charge < -0.3 is 10.4 Å². The minimum Gasteiger partial charge on any atom is -0.396 e. The van der Waals surface area contributed by atoms with Crippen LogP contribution in [0.25, 0.3) is 0 Å². The number of aliphatic hydroxyl groups excluding tert-OH is 1. The number of hydrogen-bond donors (Lipinski definition) is 2. The van der Waals surface area contributed by atoms with Crippen molar-refractivity contribution in [1.82, 2.24) is 5.32 Å². The lowest BCUT2D eigenvalue weighted by Gasteiger charge is -2.29. The smallest absolute Gasteiger partial charge is 0.0499 e. The second-order valence-corrected chi connectivity index (χ2v) is 5.62. The molecular formula is C16H25NO. The van der Waals surface area contributed by atoms with Gasteiger partial charge in [0.05, 0.1) is 0 Å². The Morgan fingerprint density at radius 2 is 1.89 bits per heavy atom. The van der Waals surface area contributed by atoms with Crippen LogP contribution in [-0.2, 0) is 0 Å². The molecule has 0 bridgehead atoms. The molecule has 2 N–H and O–H groups in total. The minimum atomic E-state index is 0.141. The monoisotopic (exact) mass is 247 g/mol. The Balaban J connectivity index is 1.95. The van der Waals surface area contributed by atoms with Crippen LogP contribution >= 0.6 is 0 Å². The van der Waals surface area contributed by atoms with Crippen LogP contribution in [0.15, 0.2) is 30.3 Å². The number of hydrogen-bond acceptors (Lipinski definition) is 2. The Kier molecular flexibility index (Phi) is 4.79. The number of benzene rings is 1. The van der Waals surface area contributed by atoms with Crippen LogP contribution in [-0.4, -0.2) is 18.3 Å². The first-order valence-electron chi connectivity index (χ1n) is 7.19. The molecule has 1 saturated carbocycles. The van der Waals surface area contributed by atoms with E-state index in [1.807, 2.05) is 0 Å². The fourth-order valence-electron chi connectivity index (χ4n) is 3.04. The summed E-state index contributed by atoms with van der Waals surface area (Å²) in [7, 11) is 0. The molecule has 1 unspecified atom stereocenters. The lowest BCUT2D eigenvalue weighted by molar-refractivity contribution is 0.124. The molecule has 1 aliphatic rings. The number of aliphatic hydroxyl groups is 1. The Morgan fingerprint density at radius 3 is 2.44 bits per heavy atom. The van der Waals surface area contributed by atoms with Crippen LogP contribution in [0.3, 0.4) is 0 Å². The van der Waals surface area contributed by atoms with Crippen LogP contribution < -0.4 is 5.32 Å². The van der Waals surface area contributed by atoms with E-state index in [0.29, 0.717) is 12.6 Å². The fourth-order valence-corrected chi connectivity index (χ4v) is 3.04. The van der Waals surface area contributed by atoms with Crippen LogP contribution in [0, 0.1) is 5.41 Å². The van der Waals surface area contributed by atoms with E-state index in [9.17, 15) is 5.11 Å². The molecule has 0 aromatic heterocycles. The average Bonchev–Trinajstić information content (AvgIpc) is 2.90. The van der Waals surface area contributed by atoms with Crippen molar-refractivity contribution in [3.05, 3.63) is 35.9 Å². The van der Waals surface area contributed by atoms with Gasteiger partial charge in [0.15, 0.2) is 0 Å². The molecule has 0 aliphatic heterocycles. The van der Waals surface area contributed by atoms with E-state index < -0.39 is 0 Å². The van der Waals surface area contributed by atoms with Crippen molar-refractivity contribution >= 4 is 0 Å². The summed E-state index contributed by atoms with van der Waals surface area (Å²) in [6.07, 6.45) is 5.96. The quantitative estimate of drug-likeness (QED) is 0.808. The Morgan fingerprint density at radius 1 is 1.22 bits per heavy atom. The van der Waals surface area contributed by atoms with E-state index >= 15 is 0 Å². The molecule has 2 heteroatoms. The van der Waals surface area contributed by atoms with E-state index in [1.165, 1.54) is 31.2 Å². The molecule has 0 heterocycles. The summed E-state index contributed by atoms with van der Waals surface area (Å²) in [4.78, 5) is 0. The lowest BCUT2D eigenvalue weighted by atomic mass is 9.86. The summed E-state index contributed by atoms with van der Waals surface area (Å²) in [5.41, 5.74) is 1.49. The van der Waals surface area contributed by atoms with Crippen molar-refractivity contribution in [2.75, 3.05) is 13.2 Å². The second-order valence-electron chi connectivity index (χ2n) is 5.62. The predicted molar refractivity (Wildman–Crippen MR) is 75.5 cm³/mol. The van der Waals surface area contributed by atoms with E-state index in [4.69, 9.17) is 0 Å². The number of nitrogens with one attached hydrogen (secondary N) is 1. The van der Waals surface area contributed by atoms with E-state index in [0.717, 1.165) is 13.0 Å². The van der Waals surface area contributed by atoms with Crippen molar-refractivity contribution in [2.24, 2.45) is 5.41 Å². The largest absolute Gasteiger partial charge is 0.396 e. The van der Waals surface area contributed by atoms with Gasteiger partial charge in [-0.15, -0.1) is 0 Å². The summed E-state index contributed by atoms with van der Waals surface area (Å²) in [6.45, 7) is 3.48. The summed E-state index contributed by atoms with van der Waals surface area (Å²) in [6, 6.07) is 11.0. The molecule has 1 atom stereocenters. The first-order chi connectivity index (χ1) is 8.79. The van der Waals surface area contributed by atoms with Crippen LogP contribution in [0.1, 0.15) is 50.6 Å². The van der Waals surface area contributed by atoms with E-state index in [2.05, 4.69) is 42.6 Å². The molecule has 0 amide bonds. The van der Waals surface area contributed by atoms with Crippen LogP contribution in [0.5, 0.6) is 0 Å². The van der Waals surface area contributed by atoms with Crippen LogP contribution in [0.4, 0.5) is 0 Å². The van der Waals surface area contributed by atoms with Gasteiger partial charge in [-0.2, -0.15) is 0 Å². The van der Waals surface area contributed by atoms with E-state index in [1.54, 1.807) is 0 Å². The molecule has 1 aliphatic carbocycles. The maximum atomic E-state index is 9.63. The zero-order valence-electron chi connectivity index (χ0n) is 11.4. The van der Waals surface area contributed by atoms with Gasteiger partial charge in [0, 0.05) is 24.6 Å². The normalized spacial score (nSPS) is 19.9. The molecule has 100 valence electrons. The molecule has 1 aromatic carbocycles. The summed E-state index contributed by atoms with van der Waals surface area (Å²) >= 11 is 0. The zero-order chi connectivity index (χ0) is 12.8. The summed E-state index contributed by atoms with van der Waals surface area (Å²) in [5.74, 6) is 0. The Hall–Kier alpha value is -0.860. The van der Waals surface area contributed by atoms with Crippen LogP contribution in [0.2, 0.25) is 0 Å². The van der Waals surface area contributed by atoms with Crippen molar-refractivity contribution in [1.29, 1.82) is 0 Å². The molecular weight excluding hydrogens is 222 g/mol. The van der Waals surface area contributed by atoms with Gasteiger partial charge >= 0.3 is 0 Å². The molecule has 0 spiro atoms. The first-order valence-corrected chi connectivity index (χ1v) is 7.19. The van der Waals surface area contributed by atoms with Gasteiger partial charge in [0.2, 0.25) is 0 Å². The molecule has 1 aromatic rings. The van der Waals surface area contributed by atoms with Crippen molar-refractivity contribution < 1.29 is 5.11 Å². The van der Waals surface area contributed by atoms with Gasteiger partial charge in [-0.1, -0.05) is 50.1 Å². The van der Waals surface area contributed by atoms with E-state index in [-0.39, 0.29) is 5.41 Å². The molecule has 2 rings (SSSR count). The molecule has 0 saturated heterocycles. The highest BCUT2D eigenvalue weighted by Gasteiger charge is 2.33. The third kappa shape index (κ3) is 3.12. The molecule has 2 nitrogen and oxygen atoms in total. The highest BCUT2D eigenvalue weighted by atomic mass is 16.3. The molecule has 0 radical (unpaired) electrons. The third-order valence-corrected chi connectivity index (χ3v) is 4.33. The van der Waals surface area contributed by atoms with Gasteiger partial charge in [-0.25, -0.2) is 0 Å². The highest BCUT2D eigenvalue weighted by Crippen LogP contribution is 2.37. The predicted octanol–water partition coefficient (Wildman–Crippen LogP) is 3.28. The van der Waals surface area contributed by atoms with Crippen molar-refractivity contribution in [2.45, 2.75) is 45.1 Å². The van der Waals surface area contributed by atoms with Gasteiger partial charge in [-0.3, -0.25) is 0 Å². The number of rotatable bonds is 6. The summed E-state index contributed by atoms with van der Waals surface area (Å²) < 4.78 is 0. The maximum absolute atomic E-state index is 9.63. The average molecular weight is 247 g/mol. The minimum absolute atomic E-state index is 0.141. The second kappa shape index (κ2) is 6.35. The van der Waals surface area contributed by atoms with Crippen molar-refractivity contribution in [3.63, 3.8) is 0 Å². The lowest BCUT2D eigenvalue weighted by Crippen LogP contribution is -2.37. The Labute approximate surface area is 110 Å². The van der Waals surface area contributed by atoms with Gasteiger partial charge in [0.25, 0.3) is 0 Å². The van der Waals surface area contributed by atoms with Gasteiger partial charge in [-0.05, 0) is 24.8 Å². The highest BCUT2D eigenvalue weighted by molar-refractivity contribution is 5.18. The zero-order valence-corrected chi connectivity index (χ0v) is 11.4. The molecule has 18 heavy (non-hydrogen) atoms. The standard InChI is InChI=1S/C16H25NO/c1-2-15(14-8-4-3-5-9-14)17-12-16(13-18)10-6-7-11-16/h3-5,8-9,15,17-18H,2,6-7,10-13H2,1H3. The topological polar surface area (TPSA) is 32.3 Å². The third-order valence-electron chi connectivity index (χ3n) is 4.33. The van der Waals surface area contributed by atoms with Crippen molar-refractivity contribution in [3.8, 4) is 0 Å². The van der Waals surface area contributed by atoms with Gasteiger partial charge in [0.1, 0.15) is 0 Å². The first kappa shape index (κ1) is 13.6. The molecule has 1 fully saturated rings. The maximum Gasteiger partial charge on any atom is 0.0499 e. The fraction of sp³-hybridized carbons (Fsp3) is 0.625. The Bertz CT molecular complexity index is 343. The summed E-state index contributed by atoms with van der Waals surface area (Å²) in [5, 5.41) is 13.3.